The average molecular weight is 446 g/mol. The number of pyridine rings is 1. The third kappa shape index (κ3) is 3.59. The van der Waals surface area contributed by atoms with Crippen LogP contribution < -0.4 is 0 Å². The van der Waals surface area contributed by atoms with Gasteiger partial charge < -0.3 is 0 Å². The van der Waals surface area contributed by atoms with Gasteiger partial charge in [0.1, 0.15) is 32.9 Å². The maximum absolute atomic E-state index is 15.4. The Bertz CT molecular complexity index is 1400. The molecule has 0 spiro atoms. The number of aromatic nitrogens is 3. The van der Waals surface area contributed by atoms with Crippen molar-refractivity contribution in [2.45, 2.75) is 9.79 Å². The first-order valence-electron chi connectivity index (χ1n) is 8.74. The normalized spacial score (nSPS) is 11.6. The van der Waals surface area contributed by atoms with Crippen LogP contribution in [0.1, 0.15) is 0 Å². The highest BCUT2D eigenvalue weighted by Gasteiger charge is 2.31. The van der Waals surface area contributed by atoms with Crippen LogP contribution in [0, 0.1) is 29.3 Å². The minimum Gasteiger partial charge on any atom is -0.275 e. The first-order chi connectivity index (χ1) is 14.7. The maximum Gasteiger partial charge on any atom is 0.212 e. The van der Waals surface area contributed by atoms with Gasteiger partial charge in [-0.2, -0.15) is 5.10 Å². The zero-order valence-corrected chi connectivity index (χ0v) is 16.6. The zero-order chi connectivity index (χ0) is 22.3. The molecule has 5 nitrogen and oxygen atoms in total. The van der Waals surface area contributed by atoms with Crippen molar-refractivity contribution in [1.82, 2.24) is 14.8 Å². The third-order valence-electron chi connectivity index (χ3n) is 4.51. The molecule has 4 aromatic rings. The van der Waals surface area contributed by atoms with E-state index in [1.807, 2.05) is 6.07 Å². The van der Waals surface area contributed by atoms with E-state index < -0.39 is 48.5 Å². The number of sulfone groups is 1. The third-order valence-corrected chi connectivity index (χ3v) is 6.28. The van der Waals surface area contributed by atoms with Gasteiger partial charge in [0.15, 0.2) is 5.82 Å². The van der Waals surface area contributed by atoms with Gasteiger partial charge in [-0.3, -0.25) is 9.67 Å². The van der Waals surface area contributed by atoms with Gasteiger partial charge in [0.25, 0.3) is 0 Å². The molecule has 2 aromatic heterocycles. The quantitative estimate of drug-likeness (QED) is 0.346. The predicted octanol–water partition coefficient (Wildman–Crippen LogP) is 4.34. The molecule has 0 aliphatic heterocycles. The van der Waals surface area contributed by atoms with Crippen LogP contribution in [0.15, 0.2) is 64.8 Å². The maximum atomic E-state index is 15.4. The highest BCUT2D eigenvalue weighted by atomic mass is 32.2. The molecule has 0 amide bonds. The van der Waals surface area contributed by atoms with E-state index in [9.17, 15) is 21.6 Å². The monoisotopic (exact) mass is 446 g/mol. The van der Waals surface area contributed by atoms with E-state index in [0.717, 1.165) is 6.07 Å². The summed E-state index contributed by atoms with van der Waals surface area (Å²) in [7, 11) is -3.35. The number of benzene rings is 2. The smallest absolute Gasteiger partial charge is 0.212 e. The Hall–Kier alpha value is -3.53. The van der Waals surface area contributed by atoms with Crippen molar-refractivity contribution < 1.29 is 26.0 Å². The largest absolute Gasteiger partial charge is 0.275 e. The molecule has 0 bridgehead atoms. The molecule has 0 fully saturated rings. The second-order valence-electron chi connectivity index (χ2n) is 6.54. The molecule has 0 aliphatic rings. The van der Waals surface area contributed by atoms with E-state index in [4.69, 9.17) is 0 Å². The van der Waals surface area contributed by atoms with Crippen LogP contribution in [0.4, 0.5) is 17.6 Å². The molecule has 1 radical (unpaired) electrons. The van der Waals surface area contributed by atoms with Crippen LogP contribution in [0.25, 0.3) is 22.4 Å². The standard InChI is InChI=1S/C21H12F4N3O2S/c1-28-11-14(12-6-8-26-9-7-12)21(27-28)19-16(24)4-5-17(20(19)25)31(29,30)18-10-13(22)2-3-15(18)23/h2-3,5-11H,1H3. The summed E-state index contributed by atoms with van der Waals surface area (Å²) in [6.45, 7) is 0. The van der Waals surface area contributed by atoms with Crippen LogP contribution in [0.2, 0.25) is 0 Å². The minimum absolute atomic E-state index is 0.184. The van der Waals surface area contributed by atoms with Crippen molar-refractivity contribution >= 4 is 9.84 Å². The molecule has 2 aromatic carbocycles. The molecule has 0 atom stereocenters. The van der Waals surface area contributed by atoms with Gasteiger partial charge >= 0.3 is 0 Å². The van der Waals surface area contributed by atoms with E-state index in [-0.39, 0.29) is 5.69 Å². The lowest BCUT2D eigenvalue weighted by atomic mass is 10.0. The van der Waals surface area contributed by atoms with Crippen LogP contribution in [-0.2, 0) is 16.9 Å². The molecule has 0 aliphatic carbocycles. The van der Waals surface area contributed by atoms with E-state index in [1.165, 1.54) is 30.3 Å². The van der Waals surface area contributed by atoms with E-state index in [0.29, 0.717) is 29.3 Å². The summed E-state index contributed by atoms with van der Waals surface area (Å²) in [6, 6.07) is 7.52. The fourth-order valence-electron chi connectivity index (χ4n) is 3.10. The molecular formula is C21H12F4N3O2S. The van der Waals surface area contributed by atoms with Gasteiger partial charge in [-0.15, -0.1) is 0 Å². The van der Waals surface area contributed by atoms with Gasteiger partial charge in [-0.1, -0.05) is 0 Å². The Labute approximate surface area is 174 Å². The van der Waals surface area contributed by atoms with E-state index in [2.05, 4.69) is 10.1 Å². The highest BCUT2D eigenvalue weighted by molar-refractivity contribution is 7.91. The van der Waals surface area contributed by atoms with Crippen molar-refractivity contribution in [3.8, 4) is 22.4 Å². The number of halogens is 4. The van der Waals surface area contributed by atoms with Gasteiger partial charge in [0.05, 0.1) is 5.56 Å². The molecule has 157 valence electrons. The summed E-state index contributed by atoms with van der Waals surface area (Å²) in [5.74, 6) is -4.99. The average Bonchev–Trinajstić information content (AvgIpc) is 3.11. The summed E-state index contributed by atoms with van der Waals surface area (Å²) in [5.41, 5.74) is -0.106. The number of aryl methyl sites for hydroxylation is 1. The lowest BCUT2D eigenvalue weighted by molar-refractivity contribution is 0.538. The Morgan fingerprint density at radius 3 is 2.42 bits per heavy atom. The molecule has 0 unspecified atom stereocenters. The van der Waals surface area contributed by atoms with Gasteiger partial charge in [-0.25, -0.2) is 26.0 Å². The highest BCUT2D eigenvalue weighted by Crippen LogP contribution is 2.37. The molecule has 0 saturated heterocycles. The van der Waals surface area contributed by atoms with Crippen molar-refractivity contribution in [3.63, 3.8) is 0 Å². The predicted molar refractivity (Wildman–Crippen MR) is 102 cm³/mol. The van der Waals surface area contributed by atoms with Gasteiger partial charge in [0.2, 0.25) is 9.84 Å². The van der Waals surface area contributed by atoms with Crippen LogP contribution >= 0.6 is 0 Å². The van der Waals surface area contributed by atoms with Gasteiger partial charge in [0, 0.05) is 37.3 Å². The second-order valence-corrected chi connectivity index (χ2v) is 8.42. The van der Waals surface area contributed by atoms with E-state index >= 15 is 4.39 Å². The Morgan fingerprint density at radius 1 is 1.00 bits per heavy atom. The first kappa shape index (κ1) is 20.7. The molecule has 2 heterocycles. The van der Waals surface area contributed by atoms with Crippen LogP contribution in [-0.4, -0.2) is 23.2 Å². The zero-order valence-electron chi connectivity index (χ0n) is 15.8. The second kappa shape index (κ2) is 7.62. The fraction of sp³-hybridized carbons (Fsp3) is 0.0476. The van der Waals surface area contributed by atoms with Crippen molar-refractivity contribution in [1.29, 1.82) is 0 Å². The lowest BCUT2D eigenvalue weighted by Gasteiger charge is -2.11. The number of hydrogen-bond donors (Lipinski definition) is 0. The van der Waals surface area contributed by atoms with Crippen LogP contribution in [0.3, 0.4) is 0 Å². The minimum atomic E-state index is -4.87. The van der Waals surface area contributed by atoms with Gasteiger partial charge in [-0.05, 0) is 42.0 Å². The number of hydrogen-bond acceptors (Lipinski definition) is 4. The summed E-state index contributed by atoms with van der Waals surface area (Å²) in [6.07, 6.45) is 4.44. The van der Waals surface area contributed by atoms with Crippen LogP contribution in [0.5, 0.6) is 0 Å². The lowest BCUT2D eigenvalue weighted by Crippen LogP contribution is -2.09. The molecule has 0 N–H and O–H groups in total. The first-order valence-corrected chi connectivity index (χ1v) is 10.2. The SMILES string of the molecule is Cn1cc(-c2ccncc2)c(-c2c(F)[c]cc(S(=O)(=O)c3cc(F)ccc3F)c2F)n1. The fourth-order valence-corrected chi connectivity index (χ4v) is 4.49. The van der Waals surface area contributed by atoms with E-state index in [1.54, 1.807) is 12.1 Å². The summed E-state index contributed by atoms with van der Waals surface area (Å²) < 4.78 is 84.7. The van der Waals surface area contributed by atoms with Crippen molar-refractivity contribution in [2.75, 3.05) is 0 Å². The van der Waals surface area contributed by atoms with Crippen molar-refractivity contribution in [3.05, 3.63) is 84.3 Å². The number of nitrogens with zero attached hydrogens (tertiary/aromatic N) is 3. The number of rotatable bonds is 4. The Balaban J connectivity index is 1.97. The van der Waals surface area contributed by atoms with Crippen molar-refractivity contribution in [2.24, 2.45) is 7.05 Å². The Kier molecular flexibility index (Phi) is 5.10. The molecular weight excluding hydrogens is 434 g/mol. The molecule has 0 saturated carbocycles. The topological polar surface area (TPSA) is 64.8 Å². The molecule has 10 heteroatoms. The molecule has 4 rings (SSSR count). The summed E-state index contributed by atoms with van der Waals surface area (Å²) in [4.78, 5) is 1.75. The Morgan fingerprint density at radius 2 is 1.71 bits per heavy atom. The molecule has 31 heavy (non-hydrogen) atoms. The summed E-state index contributed by atoms with van der Waals surface area (Å²) >= 11 is 0. The summed E-state index contributed by atoms with van der Waals surface area (Å²) in [5, 5.41) is 4.07.